The minimum absolute atomic E-state index is 0.00883. The molecule has 4 heterocycles. The van der Waals surface area contributed by atoms with E-state index in [2.05, 4.69) is 24.5 Å². The number of rotatable bonds is 21. The standard InChI is InChI=1S/C41H61N3O14/c1-3-5-7-15-40(16-8-6-4-2)56-33-27-22-41(39(52)43-17-14-29(47)42-18-19-45)35(37(51)54-27)44(58-36(41)34(33)57-40)23-26-12-9-11-25(21-26)13-10-20-53-38-32(50)31(49)30(48)28(24-46)55-38/h9-13,21,27-28,30-36,38,45-46,48-50H,3-8,14-20,22-24H2,1-2H3,(H,42,47)(H,43,52)/t27?,28-,30+,31+,32-,33+,34+,35+,36-,38+,41?/m1/s1. The van der Waals surface area contributed by atoms with E-state index in [4.69, 9.17) is 33.6 Å². The first-order valence-corrected chi connectivity index (χ1v) is 20.8. The highest BCUT2D eigenvalue weighted by Crippen LogP contribution is 2.58. The SMILES string of the molecule is CCCCCC1(CCCCC)O[C@@H]2[C@H]3ON(Cc4cccc(C=CCO[C@H]5O[C@H](CO)[C@H](O)[C@H](O)[C@H]5O)c4)[C@H]4C(=O)OC(CC34C(=O)NCCC(=O)NCCO)[C@@H]2O1. The summed E-state index contributed by atoms with van der Waals surface area (Å²) in [5, 5.41) is 55.9. The molecule has 4 aliphatic heterocycles. The number of hydrogen-bond acceptors (Lipinski definition) is 15. The number of carbonyl (C=O) groups is 3. The van der Waals surface area contributed by atoms with E-state index >= 15 is 0 Å². The Morgan fingerprint density at radius 3 is 2.41 bits per heavy atom. The minimum Gasteiger partial charge on any atom is -0.458 e. The molecule has 4 saturated heterocycles. The third-order valence-electron chi connectivity index (χ3n) is 11.9. The zero-order valence-electron chi connectivity index (χ0n) is 33.4. The number of hydroxylamine groups is 2. The first-order chi connectivity index (χ1) is 28.0. The molecule has 5 fully saturated rings. The third-order valence-corrected chi connectivity index (χ3v) is 11.9. The van der Waals surface area contributed by atoms with E-state index < -0.39 is 90.8 Å². The van der Waals surface area contributed by atoms with E-state index in [0.29, 0.717) is 12.8 Å². The van der Waals surface area contributed by atoms with Crippen molar-refractivity contribution in [2.24, 2.45) is 5.41 Å². The Labute approximate surface area is 338 Å². The highest BCUT2D eigenvalue weighted by atomic mass is 16.8. The van der Waals surface area contributed by atoms with Crippen LogP contribution in [0.1, 0.15) is 89.2 Å². The predicted molar refractivity (Wildman–Crippen MR) is 205 cm³/mol. The molecule has 17 nitrogen and oxygen atoms in total. The lowest BCUT2D eigenvalue weighted by Crippen LogP contribution is -2.69. The monoisotopic (exact) mass is 819 g/mol. The quantitative estimate of drug-likeness (QED) is 0.0664. The van der Waals surface area contributed by atoms with Gasteiger partial charge in [-0.2, -0.15) is 5.06 Å². The zero-order chi connectivity index (χ0) is 41.5. The summed E-state index contributed by atoms with van der Waals surface area (Å²) in [6.07, 6.45) is 0.842. The van der Waals surface area contributed by atoms with Gasteiger partial charge in [0.1, 0.15) is 54.2 Å². The van der Waals surface area contributed by atoms with Crippen LogP contribution in [-0.2, 0) is 49.5 Å². The molecular formula is C41H61N3O14. The summed E-state index contributed by atoms with van der Waals surface area (Å²) >= 11 is 0. The highest BCUT2D eigenvalue weighted by Gasteiger charge is 2.76. The van der Waals surface area contributed by atoms with Crippen LogP contribution in [0.4, 0.5) is 0 Å². The summed E-state index contributed by atoms with van der Waals surface area (Å²) in [5.41, 5.74) is 0.116. The van der Waals surface area contributed by atoms with Crippen molar-refractivity contribution < 1.29 is 68.4 Å². The number of ether oxygens (including phenoxy) is 5. The van der Waals surface area contributed by atoms with Crippen molar-refractivity contribution in [3.63, 3.8) is 0 Å². The van der Waals surface area contributed by atoms with Crippen LogP contribution in [0, 0.1) is 5.41 Å². The Kier molecular flexibility index (Phi) is 15.3. The Bertz CT molecular complexity index is 1570. The van der Waals surface area contributed by atoms with Crippen LogP contribution in [0.3, 0.4) is 0 Å². The maximum absolute atomic E-state index is 14.5. The first kappa shape index (κ1) is 44.5. The maximum Gasteiger partial charge on any atom is 0.327 e. The second-order valence-electron chi connectivity index (χ2n) is 16.0. The van der Waals surface area contributed by atoms with Crippen molar-refractivity contribution in [3.8, 4) is 0 Å². The van der Waals surface area contributed by atoms with Crippen molar-refractivity contribution >= 4 is 23.9 Å². The molecule has 2 amide bonds. The van der Waals surface area contributed by atoms with Gasteiger partial charge in [-0.25, -0.2) is 0 Å². The van der Waals surface area contributed by atoms with E-state index in [0.717, 1.165) is 49.7 Å². The van der Waals surface area contributed by atoms with Gasteiger partial charge in [-0.15, -0.1) is 0 Å². The van der Waals surface area contributed by atoms with Gasteiger partial charge in [0.15, 0.2) is 18.1 Å². The van der Waals surface area contributed by atoms with Crippen molar-refractivity contribution in [1.82, 2.24) is 15.7 Å². The summed E-state index contributed by atoms with van der Waals surface area (Å²) in [5.74, 6) is -2.28. The molecule has 58 heavy (non-hydrogen) atoms. The molecule has 2 unspecified atom stereocenters. The molecule has 11 atom stereocenters. The predicted octanol–water partition coefficient (Wildman–Crippen LogP) is 0.572. The number of carbonyl (C=O) groups excluding carboxylic acids is 3. The largest absolute Gasteiger partial charge is 0.458 e. The van der Waals surface area contributed by atoms with Gasteiger partial charge in [-0.05, 0) is 24.0 Å². The lowest BCUT2D eigenvalue weighted by Gasteiger charge is -2.48. The van der Waals surface area contributed by atoms with Crippen LogP contribution >= 0.6 is 0 Å². The van der Waals surface area contributed by atoms with E-state index in [1.54, 1.807) is 12.2 Å². The second-order valence-corrected chi connectivity index (χ2v) is 16.0. The Balaban J connectivity index is 1.21. The van der Waals surface area contributed by atoms with Gasteiger partial charge in [-0.3, -0.25) is 19.2 Å². The first-order valence-electron chi connectivity index (χ1n) is 20.8. The number of amides is 2. The van der Waals surface area contributed by atoms with Crippen LogP contribution < -0.4 is 10.6 Å². The number of nitrogens with one attached hydrogen (secondary N) is 2. The number of aliphatic hydroxyl groups excluding tert-OH is 5. The third kappa shape index (κ3) is 9.45. The maximum atomic E-state index is 14.5. The second kappa shape index (κ2) is 20.0. The van der Waals surface area contributed by atoms with Crippen LogP contribution in [-0.4, -0.2) is 148 Å². The molecule has 324 valence electrons. The Morgan fingerprint density at radius 2 is 1.71 bits per heavy atom. The van der Waals surface area contributed by atoms with Gasteiger partial charge >= 0.3 is 5.97 Å². The van der Waals surface area contributed by atoms with Crippen LogP contribution in [0.15, 0.2) is 30.3 Å². The number of fused-ring (bicyclic) bond motifs is 4. The number of benzene rings is 1. The molecule has 5 aliphatic rings. The topological polar surface area (TPSA) is 235 Å². The molecule has 0 spiro atoms. The van der Waals surface area contributed by atoms with Gasteiger partial charge in [0.2, 0.25) is 11.8 Å². The minimum atomic E-state index is -1.55. The number of aliphatic hydroxyl groups is 5. The molecule has 2 bridgehead atoms. The fraction of sp³-hybridized carbons (Fsp3) is 0.732. The summed E-state index contributed by atoms with van der Waals surface area (Å²) in [7, 11) is 0. The molecule has 6 rings (SSSR count). The molecule has 1 saturated carbocycles. The number of nitrogens with zero attached hydrogens (tertiary/aromatic N) is 1. The van der Waals surface area contributed by atoms with Crippen molar-refractivity contribution in [2.45, 2.75) is 152 Å². The molecule has 1 aromatic carbocycles. The van der Waals surface area contributed by atoms with Gasteiger partial charge in [-0.1, -0.05) is 75.9 Å². The Hall–Kier alpha value is -3.07. The average Bonchev–Trinajstić information content (AvgIpc) is 3.77. The summed E-state index contributed by atoms with van der Waals surface area (Å²) in [4.78, 5) is 47.7. The van der Waals surface area contributed by atoms with Gasteiger partial charge in [0, 0.05) is 38.8 Å². The Morgan fingerprint density at radius 1 is 0.966 bits per heavy atom. The highest BCUT2D eigenvalue weighted by molar-refractivity contribution is 5.94. The van der Waals surface area contributed by atoms with Gasteiger partial charge in [0.25, 0.3) is 0 Å². The van der Waals surface area contributed by atoms with Crippen LogP contribution in [0.5, 0.6) is 0 Å². The van der Waals surface area contributed by atoms with Gasteiger partial charge in [0.05, 0.1) is 26.4 Å². The van der Waals surface area contributed by atoms with E-state index in [1.807, 2.05) is 24.3 Å². The molecule has 0 radical (unpaired) electrons. The van der Waals surface area contributed by atoms with Crippen molar-refractivity contribution in [3.05, 3.63) is 41.5 Å². The molecule has 1 aliphatic carbocycles. The number of esters is 1. The molecule has 17 heteroatoms. The zero-order valence-corrected chi connectivity index (χ0v) is 33.4. The fourth-order valence-electron chi connectivity index (χ4n) is 8.95. The van der Waals surface area contributed by atoms with E-state index in [1.165, 1.54) is 5.06 Å². The van der Waals surface area contributed by atoms with Crippen molar-refractivity contribution in [1.29, 1.82) is 0 Å². The van der Waals surface area contributed by atoms with Crippen molar-refractivity contribution in [2.75, 3.05) is 32.9 Å². The lowest BCUT2D eigenvalue weighted by molar-refractivity contribution is -0.298. The molecular weight excluding hydrogens is 758 g/mol. The average molecular weight is 820 g/mol. The number of hydrogen-bond donors (Lipinski definition) is 7. The fourth-order valence-corrected chi connectivity index (χ4v) is 8.95. The molecule has 7 N–H and O–H groups in total. The van der Waals surface area contributed by atoms with E-state index in [-0.39, 0.29) is 51.6 Å². The smallest absolute Gasteiger partial charge is 0.327 e. The van der Waals surface area contributed by atoms with E-state index in [9.17, 15) is 34.8 Å². The summed E-state index contributed by atoms with van der Waals surface area (Å²) < 4.78 is 30.9. The molecule has 1 aromatic rings. The molecule has 0 aromatic heterocycles. The lowest BCUT2D eigenvalue weighted by atomic mass is 9.62. The van der Waals surface area contributed by atoms with Gasteiger partial charge < -0.3 is 59.9 Å². The number of unbranched alkanes of at least 4 members (excludes halogenated alkanes) is 4. The van der Waals surface area contributed by atoms with Crippen LogP contribution in [0.2, 0.25) is 0 Å². The van der Waals surface area contributed by atoms with Crippen LogP contribution in [0.25, 0.3) is 6.08 Å². The summed E-state index contributed by atoms with van der Waals surface area (Å²) in [6, 6.07) is 6.32. The normalized spacial score (nSPS) is 33.9. The summed E-state index contributed by atoms with van der Waals surface area (Å²) in [6.45, 7) is 3.70.